The fraction of sp³-hybridized carbons (Fsp3) is 0.462. The molecular weight excluding hydrogens is 259 g/mol. The van der Waals surface area contributed by atoms with Crippen LogP contribution in [0.5, 0.6) is 0 Å². The normalized spacial score (nSPS) is 16.7. The smallest absolute Gasteiger partial charge is 0.416 e. The van der Waals surface area contributed by atoms with E-state index in [0.717, 1.165) is 12.1 Å². The molecule has 0 aliphatic carbocycles. The van der Waals surface area contributed by atoms with Crippen molar-refractivity contribution in [3.05, 3.63) is 35.4 Å². The molecule has 106 valence electrons. The summed E-state index contributed by atoms with van der Waals surface area (Å²) in [6.07, 6.45) is -4.79. The van der Waals surface area contributed by atoms with Gasteiger partial charge in [0.2, 0.25) is 0 Å². The fourth-order valence-electron chi connectivity index (χ4n) is 1.89. The monoisotopic (exact) mass is 275 g/mol. The Morgan fingerprint density at radius 3 is 2.32 bits per heavy atom. The third kappa shape index (κ3) is 3.47. The number of aliphatic carboxylic acids is 1. The molecule has 2 unspecified atom stereocenters. The molecule has 3 N–H and O–H groups in total. The SMILES string of the molecule is CC(N)C(C)(CC(=O)O)c1cccc(C(F)(F)F)c1. The Bertz CT molecular complexity index is 471. The van der Waals surface area contributed by atoms with Crippen molar-refractivity contribution < 1.29 is 23.1 Å². The number of hydrogen-bond acceptors (Lipinski definition) is 2. The number of hydrogen-bond donors (Lipinski definition) is 2. The van der Waals surface area contributed by atoms with Crippen LogP contribution in [0.1, 0.15) is 31.4 Å². The molecular formula is C13H16F3NO2. The Labute approximate surface area is 109 Å². The second-order valence-electron chi connectivity index (χ2n) is 4.86. The molecule has 0 spiro atoms. The quantitative estimate of drug-likeness (QED) is 0.888. The van der Waals surface area contributed by atoms with Gasteiger partial charge in [-0.25, -0.2) is 0 Å². The van der Waals surface area contributed by atoms with Crippen LogP contribution in [-0.4, -0.2) is 17.1 Å². The first kappa shape index (κ1) is 15.5. The van der Waals surface area contributed by atoms with Gasteiger partial charge >= 0.3 is 12.1 Å². The van der Waals surface area contributed by atoms with Crippen LogP contribution in [0.4, 0.5) is 13.2 Å². The molecule has 0 heterocycles. The maximum atomic E-state index is 12.7. The van der Waals surface area contributed by atoms with Crippen molar-refractivity contribution in [3.8, 4) is 0 Å². The highest BCUT2D eigenvalue weighted by molar-refractivity contribution is 5.69. The van der Waals surface area contributed by atoms with Crippen LogP contribution in [0.2, 0.25) is 0 Å². The molecule has 1 aromatic rings. The summed E-state index contributed by atoms with van der Waals surface area (Å²) in [6, 6.07) is 4.06. The van der Waals surface area contributed by atoms with Gasteiger partial charge in [0.25, 0.3) is 0 Å². The summed E-state index contributed by atoms with van der Waals surface area (Å²) in [5.74, 6) is -1.10. The van der Waals surface area contributed by atoms with Gasteiger partial charge in [-0.05, 0) is 18.6 Å². The van der Waals surface area contributed by atoms with Crippen molar-refractivity contribution in [1.82, 2.24) is 0 Å². The van der Waals surface area contributed by atoms with Crippen molar-refractivity contribution >= 4 is 5.97 Å². The molecule has 0 saturated carbocycles. The second kappa shape index (κ2) is 5.21. The average molecular weight is 275 g/mol. The molecule has 0 radical (unpaired) electrons. The molecule has 0 amide bonds. The number of carboxylic acid groups (broad SMARTS) is 1. The van der Waals surface area contributed by atoms with Crippen LogP contribution in [-0.2, 0) is 16.4 Å². The van der Waals surface area contributed by atoms with Gasteiger partial charge in [-0.1, -0.05) is 25.1 Å². The summed E-state index contributed by atoms with van der Waals surface area (Å²) in [5, 5.41) is 8.91. The van der Waals surface area contributed by atoms with E-state index >= 15 is 0 Å². The van der Waals surface area contributed by atoms with Crippen LogP contribution >= 0.6 is 0 Å². The summed E-state index contributed by atoms with van der Waals surface area (Å²) in [6.45, 7) is 3.14. The van der Waals surface area contributed by atoms with E-state index in [9.17, 15) is 18.0 Å². The Morgan fingerprint density at radius 1 is 1.37 bits per heavy atom. The molecule has 0 aliphatic rings. The highest BCUT2D eigenvalue weighted by Crippen LogP contribution is 2.35. The molecule has 3 nitrogen and oxygen atoms in total. The Hall–Kier alpha value is -1.56. The number of halogens is 3. The van der Waals surface area contributed by atoms with Crippen molar-refractivity contribution in [3.63, 3.8) is 0 Å². The highest BCUT2D eigenvalue weighted by atomic mass is 19.4. The average Bonchev–Trinajstić information content (AvgIpc) is 2.26. The minimum atomic E-state index is -4.46. The van der Waals surface area contributed by atoms with E-state index in [1.165, 1.54) is 12.1 Å². The topological polar surface area (TPSA) is 63.3 Å². The van der Waals surface area contributed by atoms with E-state index in [4.69, 9.17) is 10.8 Å². The number of benzene rings is 1. The van der Waals surface area contributed by atoms with Gasteiger partial charge in [0.1, 0.15) is 0 Å². The van der Waals surface area contributed by atoms with Crippen molar-refractivity contribution in [2.75, 3.05) is 0 Å². The van der Waals surface area contributed by atoms with Gasteiger partial charge in [0.15, 0.2) is 0 Å². The van der Waals surface area contributed by atoms with Crippen molar-refractivity contribution in [2.45, 2.75) is 37.9 Å². The summed E-state index contributed by atoms with van der Waals surface area (Å²) in [7, 11) is 0. The van der Waals surface area contributed by atoms with Gasteiger partial charge < -0.3 is 10.8 Å². The minimum Gasteiger partial charge on any atom is -0.481 e. The number of rotatable bonds is 4. The van der Waals surface area contributed by atoms with Crippen LogP contribution in [0, 0.1) is 0 Å². The first-order valence-electron chi connectivity index (χ1n) is 5.72. The molecule has 1 aromatic carbocycles. The summed E-state index contributed by atoms with van der Waals surface area (Å²) in [5.41, 5.74) is 4.19. The van der Waals surface area contributed by atoms with Gasteiger partial charge in [0, 0.05) is 11.5 Å². The third-order valence-electron chi connectivity index (χ3n) is 3.37. The van der Waals surface area contributed by atoms with E-state index in [2.05, 4.69) is 0 Å². The molecule has 1 rings (SSSR count). The lowest BCUT2D eigenvalue weighted by molar-refractivity contribution is -0.138. The largest absolute Gasteiger partial charge is 0.481 e. The lowest BCUT2D eigenvalue weighted by Gasteiger charge is -2.33. The predicted octanol–water partition coefficient (Wildman–Crippen LogP) is 2.79. The zero-order chi connectivity index (χ0) is 14.8. The molecule has 0 bridgehead atoms. The van der Waals surface area contributed by atoms with Gasteiger partial charge in [-0.2, -0.15) is 13.2 Å². The minimum absolute atomic E-state index is 0.278. The molecule has 19 heavy (non-hydrogen) atoms. The van der Waals surface area contributed by atoms with Crippen molar-refractivity contribution in [2.24, 2.45) is 5.73 Å². The van der Waals surface area contributed by atoms with Gasteiger partial charge in [0.05, 0.1) is 12.0 Å². The van der Waals surface area contributed by atoms with Gasteiger partial charge in [-0.15, -0.1) is 0 Å². The Morgan fingerprint density at radius 2 is 1.89 bits per heavy atom. The van der Waals surface area contributed by atoms with Gasteiger partial charge in [-0.3, -0.25) is 4.79 Å². The first-order chi connectivity index (χ1) is 8.57. The third-order valence-corrected chi connectivity index (χ3v) is 3.37. The molecule has 0 aromatic heterocycles. The molecule has 6 heteroatoms. The number of alkyl halides is 3. The zero-order valence-electron chi connectivity index (χ0n) is 10.7. The maximum Gasteiger partial charge on any atom is 0.416 e. The highest BCUT2D eigenvalue weighted by Gasteiger charge is 2.36. The molecule has 0 aliphatic heterocycles. The summed E-state index contributed by atoms with van der Waals surface area (Å²) in [4.78, 5) is 10.9. The first-order valence-corrected chi connectivity index (χ1v) is 5.72. The summed E-state index contributed by atoms with van der Waals surface area (Å²) >= 11 is 0. The second-order valence-corrected chi connectivity index (χ2v) is 4.86. The van der Waals surface area contributed by atoms with Crippen LogP contribution in [0.15, 0.2) is 24.3 Å². The van der Waals surface area contributed by atoms with E-state index in [1.54, 1.807) is 13.8 Å². The number of nitrogens with two attached hydrogens (primary N) is 1. The van der Waals surface area contributed by atoms with E-state index in [0.29, 0.717) is 0 Å². The lowest BCUT2D eigenvalue weighted by Crippen LogP contribution is -2.42. The lowest BCUT2D eigenvalue weighted by atomic mass is 9.74. The Kier molecular flexibility index (Phi) is 4.25. The zero-order valence-corrected chi connectivity index (χ0v) is 10.7. The maximum absolute atomic E-state index is 12.7. The van der Waals surface area contributed by atoms with Crippen LogP contribution in [0.25, 0.3) is 0 Å². The van der Waals surface area contributed by atoms with E-state index in [-0.39, 0.29) is 12.0 Å². The number of carbonyl (C=O) groups is 1. The predicted molar refractivity (Wildman–Crippen MR) is 64.7 cm³/mol. The molecule has 0 fully saturated rings. The van der Waals surface area contributed by atoms with Crippen molar-refractivity contribution in [1.29, 1.82) is 0 Å². The molecule has 0 saturated heterocycles. The fourth-order valence-corrected chi connectivity index (χ4v) is 1.89. The standard InChI is InChI=1S/C13H16F3NO2/c1-8(17)12(2,7-11(18)19)9-4-3-5-10(6-9)13(14,15)16/h3-6,8H,7,17H2,1-2H3,(H,18,19). The van der Waals surface area contributed by atoms with E-state index < -0.39 is 29.2 Å². The van der Waals surface area contributed by atoms with Crippen LogP contribution in [0.3, 0.4) is 0 Å². The van der Waals surface area contributed by atoms with E-state index in [1.807, 2.05) is 0 Å². The Balaban J connectivity index is 3.28. The summed E-state index contributed by atoms with van der Waals surface area (Å²) < 4.78 is 38.0. The number of carboxylic acids is 1. The molecule has 2 atom stereocenters. The van der Waals surface area contributed by atoms with Crippen LogP contribution < -0.4 is 5.73 Å².